The first-order chi connectivity index (χ1) is 10.2. The Labute approximate surface area is 120 Å². The summed E-state index contributed by atoms with van der Waals surface area (Å²) in [6.45, 7) is 0. The summed E-state index contributed by atoms with van der Waals surface area (Å²) < 4.78 is 14.8. The fourth-order valence-electron chi connectivity index (χ4n) is 3.20. The molecule has 3 aromatic rings. The van der Waals surface area contributed by atoms with E-state index in [1.54, 1.807) is 16.8 Å². The molecule has 1 fully saturated rings. The fourth-order valence-corrected chi connectivity index (χ4v) is 3.20. The van der Waals surface area contributed by atoms with E-state index in [2.05, 4.69) is 10.2 Å². The average Bonchev–Trinajstić information content (AvgIpc) is 3.18. The number of nitrogens with one attached hydrogen (secondary N) is 1. The van der Waals surface area contributed by atoms with Gasteiger partial charge in [0.2, 0.25) is 0 Å². The largest absolute Gasteiger partial charge is 0.383 e. The number of H-pyrrole nitrogens is 1. The van der Waals surface area contributed by atoms with Crippen molar-refractivity contribution in [2.45, 2.75) is 31.6 Å². The molecule has 0 radical (unpaired) electrons. The van der Waals surface area contributed by atoms with Crippen molar-refractivity contribution in [1.82, 2.24) is 20.0 Å². The lowest BCUT2D eigenvalue weighted by atomic mass is 10.0. The summed E-state index contributed by atoms with van der Waals surface area (Å²) >= 11 is 0. The first kappa shape index (κ1) is 12.4. The third kappa shape index (κ3) is 1.90. The van der Waals surface area contributed by atoms with E-state index in [4.69, 9.17) is 10.8 Å². The number of fused-ring (bicyclic) bond motifs is 1. The highest BCUT2D eigenvalue weighted by atomic mass is 19.1. The van der Waals surface area contributed by atoms with Crippen LogP contribution in [0.25, 0.3) is 16.7 Å². The molecule has 0 atom stereocenters. The van der Waals surface area contributed by atoms with Crippen LogP contribution >= 0.6 is 0 Å². The van der Waals surface area contributed by atoms with Gasteiger partial charge in [-0.25, -0.2) is 9.07 Å². The number of rotatable bonds is 2. The molecule has 1 aliphatic carbocycles. The minimum atomic E-state index is -0.264. The second-order valence-electron chi connectivity index (χ2n) is 5.59. The lowest BCUT2D eigenvalue weighted by Crippen LogP contribution is -2.01. The second-order valence-corrected chi connectivity index (χ2v) is 5.59. The Balaban J connectivity index is 1.91. The molecule has 0 aliphatic heterocycles. The molecule has 6 heteroatoms. The van der Waals surface area contributed by atoms with Gasteiger partial charge in [0.25, 0.3) is 0 Å². The van der Waals surface area contributed by atoms with Gasteiger partial charge >= 0.3 is 0 Å². The lowest BCUT2D eigenvalue weighted by Gasteiger charge is -2.05. The molecule has 0 bridgehead atoms. The third-order valence-electron chi connectivity index (χ3n) is 4.25. The van der Waals surface area contributed by atoms with Gasteiger partial charge in [-0.15, -0.1) is 0 Å². The zero-order valence-electron chi connectivity index (χ0n) is 11.5. The number of hydrogen-bond donors (Lipinski definition) is 2. The number of aromatic amines is 1. The van der Waals surface area contributed by atoms with Gasteiger partial charge in [-0.3, -0.25) is 5.10 Å². The van der Waals surface area contributed by atoms with E-state index in [0.29, 0.717) is 17.4 Å². The maximum absolute atomic E-state index is 13.1. The number of aromatic nitrogens is 4. The van der Waals surface area contributed by atoms with Gasteiger partial charge < -0.3 is 5.73 Å². The normalized spacial score (nSPS) is 16.0. The molecule has 1 aromatic carbocycles. The van der Waals surface area contributed by atoms with Crippen molar-refractivity contribution >= 4 is 16.9 Å². The monoisotopic (exact) mass is 285 g/mol. The Morgan fingerprint density at radius 1 is 1.19 bits per heavy atom. The minimum Gasteiger partial charge on any atom is -0.383 e. The zero-order valence-corrected chi connectivity index (χ0v) is 11.5. The number of halogens is 1. The van der Waals surface area contributed by atoms with Gasteiger partial charge in [-0.2, -0.15) is 10.2 Å². The van der Waals surface area contributed by atoms with Crippen LogP contribution in [0.3, 0.4) is 0 Å². The van der Waals surface area contributed by atoms with E-state index in [1.165, 1.54) is 25.0 Å². The Hall–Kier alpha value is -2.37. The van der Waals surface area contributed by atoms with Crippen LogP contribution in [0.1, 0.15) is 37.3 Å². The highest BCUT2D eigenvalue weighted by Gasteiger charge is 2.26. The Bertz CT molecular complexity index is 780. The number of nitrogens with zero attached hydrogens (tertiary/aromatic N) is 3. The fraction of sp³-hybridized carbons (Fsp3) is 0.333. The van der Waals surface area contributed by atoms with E-state index in [1.807, 2.05) is 0 Å². The summed E-state index contributed by atoms with van der Waals surface area (Å²) in [6, 6.07) is 6.25. The van der Waals surface area contributed by atoms with Crippen LogP contribution in [-0.4, -0.2) is 20.0 Å². The van der Waals surface area contributed by atoms with E-state index < -0.39 is 0 Å². The lowest BCUT2D eigenvalue weighted by molar-refractivity contribution is 0.626. The molecule has 1 saturated carbocycles. The van der Waals surface area contributed by atoms with Crippen LogP contribution < -0.4 is 5.73 Å². The van der Waals surface area contributed by atoms with Crippen LogP contribution in [0.4, 0.5) is 10.2 Å². The molecule has 0 saturated heterocycles. The SMILES string of the molecule is Nc1[nH]nc2c1c(C1CCCC1)nn2-c1ccc(F)cc1. The summed E-state index contributed by atoms with van der Waals surface area (Å²) in [5.41, 5.74) is 8.54. The van der Waals surface area contributed by atoms with Crippen molar-refractivity contribution in [1.29, 1.82) is 0 Å². The van der Waals surface area contributed by atoms with Crippen molar-refractivity contribution in [3.8, 4) is 5.69 Å². The number of hydrogen-bond acceptors (Lipinski definition) is 3. The molecule has 2 aromatic heterocycles. The molecular weight excluding hydrogens is 269 g/mol. The number of nitrogen functional groups attached to an aromatic ring is 1. The number of anilines is 1. The maximum Gasteiger partial charge on any atom is 0.186 e. The van der Waals surface area contributed by atoms with E-state index in [-0.39, 0.29) is 5.82 Å². The topological polar surface area (TPSA) is 72.5 Å². The van der Waals surface area contributed by atoms with E-state index in [9.17, 15) is 4.39 Å². The highest BCUT2D eigenvalue weighted by molar-refractivity contribution is 5.90. The summed E-state index contributed by atoms with van der Waals surface area (Å²) in [6.07, 6.45) is 4.74. The molecule has 5 nitrogen and oxygen atoms in total. The standard InChI is InChI=1S/C15H16FN5/c16-10-5-7-11(8-6-10)21-15-12(14(17)18-19-15)13(20-21)9-3-1-2-4-9/h5-9H,1-4H2,(H3,17,18,19). The predicted molar refractivity (Wildman–Crippen MR) is 78.8 cm³/mol. The quantitative estimate of drug-likeness (QED) is 0.759. The van der Waals surface area contributed by atoms with Crippen LogP contribution in [0.2, 0.25) is 0 Å². The first-order valence-electron chi connectivity index (χ1n) is 7.22. The molecule has 3 N–H and O–H groups in total. The van der Waals surface area contributed by atoms with Crippen LogP contribution in [0, 0.1) is 5.82 Å². The van der Waals surface area contributed by atoms with Crippen LogP contribution in [0.5, 0.6) is 0 Å². The molecule has 0 spiro atoms. The van der Waals surface area contributed by atoms with Crippen molar-refractivity contribution in [2.24, 2.45) is 0 Å². The molecule has 0 unspecified atom stereocenters. The van der Waals surface area contributed by atoms with Crippen molar-refractivity contribution in [3.05, 3.63) is 35.8 Å². The van der Waals surface area contributed by atoms with Gasteiger partial charge in [-0.1, -0.05) is 12.8 Å². The minimum absolute atomic E-state index is 0.264. The molecule has 21 heavy (non-hydrogen) atoms. The summed E-state index contributed by atoms with van der Waals surface area (Å²) in [5, 5.41) is 12.7. The highest BCUT2D eigenvalue weighted by Crippen LogP contribution is 2.38. The molecule has 0 amide bonds. The average molecular weight is 285 g/mol. The molecule has 2 heterocycles. The van der Waals surface area contributed by atoms with Crippen molar-refractivity contribution < 1.29 is 4.39 Å². The number of nitrogens with two attached hydrogens (primary N) is 1. The summed E-state index contributed by atoms with van der Waals surface area (Å²) in [7, 11) is 0. The summed E-state index contributed by atoms with van der Waals surface area (Å²) in [4.78, 5) is 0. The predicted octanol–water partition coefficient (Wildman–Crippen LogP) is 3.13. The van der Waals surface area contributed by atoms with Gasteiger partial charge in [0, 0.05) is 5.92 Å². The van der Waals surface area contributed by atoms with E-state index >= 15 is 0 Å². The maximum atomic E-state index is 13.1. The number of benzene rings is 1. The van der Waals surface area contributed by atoms with Gasteiger partial charge in [0.05, 0.1) is 16.8 Å². The Morgan fingerprint density at radius 2 is 1.90 bits per heavy atom. The van der Waals surface area contributed by atoms with Crippen LogP contribution in [0.15, 0.2) is 24.3 Å². The van der Waals surface area contributed by atoms with Crippen molar-refractivity contribution in [3.63, 3.8) is 0 Å². The van der Waals surface area contributed by atoms with Gasteiger partial charge in [0.15, 0.2) is 5.65 Å². The Morgan fingerprint density at radius 3 is 2.62 bits per heavy atom. The Kier molecular flexibility index (Phi) is 2.70. The van der Waals surface area contributed by atoms with Crippen LogP contribution in [-0.2, 0) is 0 Å². The van der Waals surface area contributed by atoms with E-state index in [0.717, 1.165) is 29.6 Å². The molecular formula is C15H16FN5. The zero-order chi connectivity index (χ0) is 14.4. The van der Waals surface area contributed by atoms with Gasteiger partial charge in [0.1, 0.15) is 11.6 Å². The van der Waals surface area contributed by atoms with Crippen molar-refractivity contribution in [2.75, 3.05) is 5.73 Å². The molecule has 4 rings (SSSR count). The first-order valence-corrected chi connectivity index (χ1v) is 7.22. The molecule has 108 valence electrons. The second kappa shape index (κ2) is 4.58. The summed E-state index contributed by atoms with van der Waals surface area (Å²) in [5.74, 6) is 0.731. The molecule has 1 aliphatic rings. The van der Waals surface area contributed by atoms with Gasteiger partial charge in [-0.05, 0) is 37.1 Å². The smallest absolute Gasteiger partial charge is 0.186 e. The third-order valence-corrected chi connectivity index (χ3v) is 4.25.